The minimum Gasteiger partial charge on any atom is -0.466 e. The molecule has 3 aliphatic heterocycles. The number of hydrogen-bond acceptors (Lipinski definition) is 6. The van der Waals surface area contributed by atoms with E-state index in [-0.39, 0.29) is 11.0 Å². The Labute approximate surface area is 202 Å². The Morgan fingerprint density at radius 3 is 2.44 bits per heavy atom. The summed E-state index contributed by atoms with van der Waals surface area (Å²) in [6.07, 6.45) is 6.31. The highest BCUT2D eigenvalue weighted by molar-refractivity contribution is 7.90. The Kier molecular flexibility index (Phi) is 4.66. The second kappa shape index (κ2) is 7.66. The van der Waals surface area contributed by atoms with Crippen molar-refractivity contribution >= 4 is 32.3 Å². The number of fused-ring (bicyclic) bond motifs is 1. The normalized spacial score (nSPS) is 27.9. The SMILES string of the molecule is O=S(=O)(c1ccccc1)n1cc(-c2cnc(OC3C4CC5CC3CN(C5)C4)s2)c2ccccc21. The predicted molar refractivity (Wildman–Crippen MR) is 133 cm³/mol. The van der Waals surface area contributed by atoms with Crippen LogP contribution in [-0.4, -0.2) is 48.0 Å². The molecule has 174 valence electrons. The van der Waals surface area contributed by atoms with Gasteiger partial charge in [0.05, 0.1) is 15.3 Å². The second-order valence-corrected chi connectivity index (χ2v) is 12.6. The largest absolute Gasteiger partial charge is 0.466 e. The number of aromatic nitrogens is 2. The lowest BCUT2D eigenvalue weighted by molar-refractivity contribution is -0.0985. The number of para-hydroxylation sites is 1. The number of benzene rings is 2. The molecule has 8 heteroatoms. The maximum absolute atomic E-state index is 13.4. The van der Waals surface area contributed by atoms with Gasteiger partial charge in [-0.2, -0.15) is 0 Å². The van der Waals surface area contributed by atoms with Crippen molar-refractivity contribution in [3.05, 3.63) is 67.0 Å². The fourth-order valence-electron chi connectivity index (χ4n) is 6.36. The average Bonchev–Trinajstić information content (AvgIpc) is 3.46. The van der Waals surface area contributed by atoms with Crippen molar-refractivity contribution in [2.45, 2.75) is 23.8 Å². The molecular formula is C26H25N3O3S2. The number of rotatable bonds is 5. The molecule has 2 unspecified atom stereocenters. The molecule has 2 aromatic heterocycles. The fraction of sp³-hybridized carbons (Fsp3) is 0.346. The number of ether oxygens (including phenoxy) is 1. The monoisotopic (exact) mass is 491 g/mol. The highest BCUT2D eigenvalue weighted by atomic mass is 32.2. The van der Waals surface area contributed by atoms with E-state index in [0.29, 0.717) is 22.5 Å². The molecule has 8 rings (SSSR count). The van der Waals surface area contributed by atoms with Gasteiger partial charge in [0.25, 0.3) is 15.2 Å². The van der Waals surface area contributed by atoms with Crippen LogP contribution in [-0.2, 0) is 10.0 Å². The van der Waals surface area contributed by atoms with E-state index in [1.54, 1.807) is 30.5 Å². The summed E-state index contributed by atoms with van der Waals surface area (Å²) in [5.74, 6) is 2.02. The zero-order chi connectivity index (χ0) is 22.9. The molecule has 0 radical (unpaired) electrons. The number of thiazole rings is 1. The molecule has 5 heterocycles. The van der Waals surface area contributed by atoms with Crippen molar-refractivity contribution in [1.29, 1.82) is 0 Å². The van der Waals surface area contributed by atoms with Gasteiger partial charge in [-0.25, -0.2) is 17.4 Å². The van der Waals surface area contributed by atoms with Gasteiger partial charge >= 0.3 is 0 Å². The molecule has 6 nitrogen and oxygen atoms in total. The van der Waals surface area contributed by atoms with Crippen LogP contribution in [0.3, 0.4) is 0 Å². The summed E-state index contributed by atoms with van der Waals surface area (Å²) in [4.78, 5) is 8.39. The smallest absolute Gasteiger partial charge is 0.274 e. The molecule has 0 N–H and O–H groups in total. The second-order valence-electron chi connectivity index (χ2n) is 9.82. The molecule has 3 saturated heterocycles. The molecule has 2 aromatic carbocycles. The Balaban J connectivity index is 1.24. The van der Waals surface area contributed by atoms with Crippen molar-refractivity contribution in [3.63, 3.8) is 0 Å². The molecule has 0 spiro atoms. The summed E-state index contributed by atoms with van der Waals surface area (Å²) in [6.45, 7) is 3.54. The van der Waals surface area contributed by atoms with Crippen LogP contribution in [0.15, 0.2) is 71.9 Å². The molecule has 34 heavy (non-hydrogen) atoms. The highest BCUT2D eigenvalue weighted by Gasteiger charge is 2.49. The van der Waals surface area contributed by atoms with E-state index in [1.165, 1.54) is 34.7 Å². The lowest BCUT2D eigenvalue weighted by Gasteiger charge is -2.55. The first kappa shape index (κ1) is 20.7. The molecule has 1 aliphatic carbocycles. The predicted octanol–water partition coefficient (Wildman–Crippen LogP) is 4.72. The third kappa shape index (κ3) is 3.23. The summed E-state index contributed by atoms with van der Waals surface area (Å²) < 4.78 is 34.7. The van der Waals surface area contributed by atoms with Crippen LogP contribution in [0.1, 0.15) is 12.8 Å². The summed E-state index contributed by atoms with van der Waals surface area (Å²) in [5.41, 5.74) is 1.52. The third-order valence-electron chi connectivity index (χ3n) is 7.67. The van der Waals surface area contributed by atoms with Gasteiger partial charge in [0.2, 0.25) is 0 Å². The first-order valence-electron chi connectivity index (χ1n) is 11.8. The van der Waals surface area contributed by atoms with Crippen LogP contribution in [0.5, 0.6) is 5.19 Å². The van der Waals surface area contributed by atoms with E-state index in [4.69, 9.17) is 4.74 Å². The van der Waals surface area contributed by atoms with Crippen LogP contribution in [0.25, 0.3) is 21.3 Å². The van der Waals surface area contributed by atoms with Crippen LogP contribution in [0.4, 0.5) is 0 Å². The average molecular weight is 492 g/mol. The van der Waals surface area contributed by atoms with Crippen LogP contribution in [0, 0.1) is 17.8 Å². The van der Waals surface area contributed by atoms with Gasteiger partial charge < -0.3 is 9.64 Å². The molecule has 4 aliphatic rings. The Morgan fingerprint density at radius 2 is 1.68 bits per heavy atom. The minimum absolute atomic E-state index is 0.242. The van der Waals surface area contributed by atoms with Gasteiger partial charge in [-0.3, -0.25) is 0 Å². The molecular weight excluding hydrogens is 466 g/mol. The van der Waals surface area contributed by atoms with Crippen molar-refractivity contribution in [2.24, 2.45) is 17.8 Å². The molecule has 4 bridgehead atoms. The molecule has 4 fully saturated rings. The Morgan fingerprint density at radius 1 is 0.941 bits per heavy atom. The van der Waals surface area contributed by atoms with E-state index in [2.05, 4.69) is 9.88 Å². The number of piperidine rings is 3. The number of hydrogen-bond donors (Lipinski definition) is 0. The molecule has 2 atom stereocenters. The summed E-state index contributed by atoms with van der Waals surface area (Å²) in [7, 11) is -3.72. The van der Waals surface area contributed by atoms with E-state index in [0.717, 1.165) is 34.8 Å². The third-order valence-corrected chi connectivity index (χ3v) is 10.3. The van der Waals surface area contributed by atoms with Gasteiger partial charge in [0.15, 0.2) is 0 Å². The van der Waals surface area contributed by atoms with Gasteiger partial charge in [0.1, 0.15) is 6.10 Å². The quantitative estimate of drug-likeness (QED) is 0.404. The number of nitrogens with zero attached hydrogens (tertiary/aromatic N) is 3. The first-order chi connectivity index (χ1) is 16.6. The molecule has 1 saturated carbocycles. The van der Waals surface area contributed by atoms with E-state index in [9.17, 15) is 8.42 Å². The van der Waals surface area contributed by atoms with Gasteiger partial charge in [-0.05, 0) is 37.0 Å². The summed E-state index contributed by atoms with van der Waals surface area (Å²) in [5, 5.41) is 1.57. The zero-order valence-corrected chi connectivity index (χ0v) is 20.2. The minimum atomic E-state index is -3.72. The van der Waals surface area contributed by atoms with Crippen LogP contribution in [0.2, 0.25) is 0 Å². The Hall–Kier alpha value is -2.68. The first-order valence-corrected chi connectivity index (χ1v) is 14.1. The zero-order valence-electron chi connectivity index (χ0n) is 18.6. The van der Waals surface area contributed by atoms with Crippen LogP contribution < -0.4 is 4.74 Å². The fourth-order valence-corrected chi connectivity index (χ4v) is 8.58. The Bertz CT molecular complexity index is 1450. The highest BCUT2D eigenvalue weighted by Crippen LogP contribution is 2.46. The maximum atomic E-state index is 13.4. The van der Waals surface area contributed by atoms with Gasteiger partial charge in [-0.15, -0.1) is 0 Å². The van der Waals surface area contributed by atoms with Crippen LogP contribution >= 0.6 is 11.3 Å². The summed E-state index contributed by atoms with van der Waals surface area (Å²) >= 11 is 1.51. The lowest BCUT2D eigenvalue weighted by Crippen LogP contribution is -2.61. The molecule has 4 aromatic rings. The standard InChI is InChI=1S/C26H25N3O3S2/c30-34(31,20-6-2-1-3-7-20)29-16-22(21-8-4-5-9-23(21)29)24-12-27-26(33-24)32-25-18-10-17-11-19(25)15-28(13-17)14-18/h1-9,12,16-19,25H,10-11,13-15H2. The van der Waals surface area contributed by atoms with Crippen molar-refractivity contribution in [2.75, 3.05) is 19.6 Å². The van der Waals surface area contributed by atoms with Gasteiger partial charge in [-0.1, -0.05) is 47.7 Å². The lowest BCUT2D eigenvalue weighted by atomic mass is 9.66. The van der Waals surface area contributed by atoms with Gasteiger partial charge in [0, 0.05) is 54.8 Å². The van der Waals surface area contributed by atoms with Crippen molar-refractivity contribution in [1.82, 2.24) is 13.9 Å². The maximum Gasteiger partial charge on any atom is 0.274 e. The van der Waals surface area contributed by atoms with E-state index in [1.807, 2.05) is 36.5 Å². The van der Waals surface area contributed by atoms with Crippen molar-refractivity contribution < 1.29 is 13.2 Å². The summed E-state index contributed by atoms with van der Waals surface area (Å²) in [6, 6.07) is 16.2. The van der Waals surface area contributed by atoms with E-state index < -0.39 is 10.0 Å². The van der Waals surface area contributed by atoms with E-state index >= 15 is 0 Å². The topological polar surface area (TPSA) is 64.4 Å². The molecule has 0 amide bonds. The van der Waals surface area contributed by atoms with Crippen molar-refractivity contribution in [3.8, 4) is 15.6 Å².